The average Bonchev–Trinajstić information content (AvgIpc) is 2.63. The van der Waals surface area contributed by atoms with E-state index in [0.717, 1.165) is 17.3 Å². The first-order valence-corrected chi connectivity index (χ1v) is 8.96. The van der Waals surface area contributed by atoms with E-state index in [1.807, 2.05) is 30.3 Å². The highest BCUT2D eigenvalue weighted by Crippen LogP contribution is 2.11. The summed E-state index contributed by atoms with van der Waals surface area (Å²) in [5.74, 6) is -0.308. The van der Waals surface area contributed by atoms with Gasteiger partial charge in [0.1, 0.15) is 0 Å². The molecule has 0 atom stereocenters. The van der Waals surface area contributed by atoms with Crippen LogP contribution in [0.2, 0.25) is 0 Å². The molecule has 0 saturated carbocycles. The number of aromatic amines is 1. The summed E-state index contributed by atoms with van der Waals surface area (Å²) in [6.45, 7) is 4.31. The standard InChI is InChI=1S/C18H20N4O3S/c1-2-8-19-15(23)9-14-10-16(24)22-18(21-14)26-12-17(25)20-11-13-6-4-3-5-7-13/h2-7,10H,1,8-9,11-12H2,(H,19,23)(H,20,25)(H,21,22,24). The molecule has 1 heterocycles. The van der Waals surface area contributed by atoms with E-state index in [4.69, 9.17) is 0 Å². The molecular weight excluding hydrogens is 352 g/mol. The Kier molecular flexibility index (Phi) is 7.63. The van der Waals surface area contributed by atoms with Crippen LogP contribution in [0.15, 0.2) is 59.0 Å². The molecule has 0 spiro atoms. The fraction of sp³-hybridized carbons (Fsp3) is 0.222. The van der Waals surface area contributed by atoms with E-state index in [1.165, 1.54) is 6.07 Å². The molecule has 0 aliphatic heterocycles. The molecule has 0 aliphatic carbocycles. The summed E-state index contributed by atoms with van der Waals surface area (Å²) in [6, 6.07) is 10.8. The minimum atomic E-state index is -0.362. The molecule has 2 rings (SSSR count). The van der Waals surface area contributed by atoms with Crippen LogP contribution in [0, 0.1) is 0 Å². The molecule has 136 valence electrons. The third-order valence-electron chi connectivity index (χ3n) is 3.23. The van der Waals surface area contributed by atoms with Crippen LogP contribution >= 0.6 is 11.8 Å². The summed E-state index contributed by atoms with van der Waals surface area (Å²) in [5.41, 5.74) is 0.992. The van der Waals surface area contributed by atoms with Crippen molar-refractivity contribution in [3.05, 3.63) is 70.7 Å². The number of nitrogens with one attached hydrogen (secondary N) is 3. The molecule has 0 unspecified atom stereocenters. The van der Waals surface area contributed by atoms with Gasteiger partial charge >= 0.3 is 0 Å². The molecule has 2 amide bonds. The first-order valence-electron chi connectivity index (χ1n) is 7.98. The van der Waals surface area contributed by atoms with E-state index in [0.29, 0.717) is 23.9 Å². The maximum Gasteiger partial charge on any atom is 0.251 e. The van der Waals surface area contributed by atoms with E-state index in [1.54, 1.807) is 6.08 Å². The molecule has 8 heteroatoms. The van der Waals surface area contributed by atoms with E-state index in [-0.39, 0.29) is 29.5 Å². The number of H-pyrrole nitrogens is 1. The van der Waals surface area contributed by atoms with E-state index < -0.39 is 0 Å². The lowest BCUT2D eigenvalue weighted by Crippen LogP contribution is -2.26. The quantitative estimate of drug-likeness (QED) is 0.346. The number of amides is 2. The van der Waals surface area contributed by atoms with Gasteiger partial charge in [0, 0.05) is 19.2 Å². The number of thioether (sulfide) groups is 1. The lowest BCUT2D eigenvalue weighted by atomic mass is 10.2. The molecular formula is C18H20N4O3S. The van der Waals surface area contributed by atoms with Crippen molar-refractivity contribution >= 4 is 23.6 Å². The van der Waals surface area contributed by atoms with Crippen molar-refractivity contribution in [1.29, 1.82) is 0 Å². The molecule has 0 fully saturated rings. The summed E-state index contributed by atoms with van der Waals surface area (Å²) in [7, 11) is 0. The number of carbonyl (C=O) groups excluding carboxylic acids is 2. The zero-order valence-electron chi connectivity index (χ0n) is 14.2. The number of hydrogen-bond acceptors (Lipinski definition) is 5. The average molecular weight is 372 g/mol. The Morgan fingerprint density at radius 2 is 1.96 bits per heavy atom. The molecule has 2 aromatic rings. The van der Waals surface area contributed by atoms with Crippen LogP contribution < -0.4 is 16.2 Å². The fourth-order valence-corrected chi connectivity index (χ4v) is 2.76. The minimum Gasteiger partial charge on any atom is -0.352 e. The van der Waals surface area contributed by atoms with Gasteiger partial charge in [-0.25, -0.2) is 4.98 Å². The number of aromatic nitrogens is 2. The van der Waals surface area contributed by atoms with Gasteiger partial charge in [0.2, 0.25) is 11.8 Å². The molecule has 7 nitrogen and oxygen atoms in total. The van der Waals surface area contributed by atoms with E-state index >= 15 is 0 Å². The topological polar surface area (TPSA) is 104 Å². The monoisotopic (exact) mass is 372 g/mol. The molecule has 0 saturated heterocycles. The lowest BCUT2D eigenvalue weighted by molar-refractivity contribution is -0.120. The second-order valence-corrected chi connectivity index (χ2v) is 6.33. The van der Waals surface area contributed by atoms with Crippen molar-refractivity contribution in [3.63, 3.8) is 0 Å². The van der Waals surface area contributed by atoms with Gasteiger partial charge < -0.3 is 15.6 Å². The van der Waals surface area contributed by atoms with Crippen molar-refractivity contribution in [1.82, 2.24) is 20.6 Å². The number of rotatable bonds is 9. The fourth-order valence-electron chi connectivity index (χ4n) is 2.04. The largest absolute Gasteiger partial charge is 0.352 e. The molecule has 0 aliphatic rings. The maximum absolute atomic E-state index is 11.9. The van der Waals surface area contributed by atoms with Crippen LogP contribution in [0.3, 0.4) is 0 Å². The van der Waals surface area contributed by atoms with Crippen LogP contribution in [0.5, 0.6) is 0 Å². The van der Waals surface area contributed by atoms with Gasteiger partial charge in [0.15, 0.2) is 5.16 Å². The van der Waals surface area contributed by atoms with E-state index in [9.17, 15) is 14.4 Å². The number of hydrogen-bond donors (Lipinski definition) is 3. The second kappa shape index (κ2) is 10.2. The first kappa shape index (κ1) is 19.5. The Hall–Kier alpha value is -2.87. The first-order chi connectivity index (χ1) is 12.6. The Morgan fingerprint density at radius 3 is 2.69 bits per heavy atom. The van der Waals surface area contributed by atoms with Crippen molar-refractivity contribution in [3.8, 4) is 0 Å². The lowest BCUT2D eigenvalue weighted by Gasteiger charge is -2.06. The van der Waals surface area contributed by atoms with Crippen LogP contribution in [0.25, 0.3) is 0 Å². The molecule has 0 bridgehead atoms. The summed E-state index contributed by atoms with van der Waals surface area (Å²) >= 11 is 1.11. The molecule has 26 heavy (non-hydrogen) atoms. The van der Waals surface area contributed by atoms with Gasteiger partial charge in [0.25, 0.3) is 5.56 Å². The predicted octanol–water partition coefficient (Wildman–Crippen LogP) is 1.02. The highest BCUT2D eigenvalue weighted by atomic mass is 32.2. The number of benzene rings is 1. The summed E-state index contributed by atoms with van der Waals surface area (Å²) in [4.78, 5) is 42.1. The third-order valence-corrected chi connectivity index (χ3v) is 4.10. The molecule has 1 aromatic heterocycles. The Morgan fingerprint density at radius 1 is 1.19 bits per heavy atom. The van der Waals surface area contributed by atoms with Crippen LogP contribution in [-0.4, -0.2) is 34.1 Å². The van der Waals surface area contributed by atoms with Crippen molar-refractivity contribution in [2.75, 3.05) is 12.3 Å². The van der Waals surface area contributed by atoms with Gasteiger partial charge in [-0.15, -0.1) is 6.58 Å². The SMILES string of the molecule is C=CCNC(=O)Cc1cc(=O)[nH]c(SCC(=O)NCc2ccccc2)n1. The molecule has 0 radical (unpaired) electrons. The smallest absolute Gasteiger partial charge is 0.251 e. The van der Waals surface area contributed by atoms with Gasteiger partial charge in [-0.05, 0) is 5.56 Å². The van der Waals surface area contributed by atoms with Crippen molar-refractivity contribution in [2.45, 2.75) is 18.1 Å². The second-order valence-electron chi connectivity index (χ2n) is 5.36. The van der Waals surface area contributed by atoms with Gasteiger partial charge in [-0.3, -0.25) is 14.4 Å². The number of nitrogens with zero attached hydrogens (tertiary/aromatic N) is 1. The summed E-state index contributed by atoms with van der Waals surface area (Å²) < 4.78 is 0. The molecule has 3 N–H and O–H groups in total. The summed E-state index contributed by atoms with van der Waals surface area (Å²) in [5, 5.41) is 5.73. The normalized spacial score (nSPS) is 10.2. The van der Waals surface area contributed by atoms with Crippen LogP contribution in [0.1, 0.15) is 11.3 Å². The van der Waals surface area contributed by atoms with E-state index in [2.05, 4.69) is 27.2 Å². The zero-order chi connectivity index (χ0) is 18.8. The summed E-state index contributed by atoms with van der Waals surface area (Å²) in [6.07, 6.45) is 1.56. The number of carbonyl (C=O) groups is 2. The Bertz CT molecular complexity index is 821. The van der Waals surface area contributed by atoms with Gasteiger partial charge in [-0.1, -0.05) is 48.2 Å². The van der Waals surface area contributed by atoms with Crippen LogP contribution in [0.4, 0.5) is 0 Å². The van der Waals surface area contributed by atoms with Crippen LogP contribution in [-0.2, 0) is 22.6 Å². The maximum atomic E-state index is 11.9. The van der Waals surface area contributed by atoms with Crippen molar-refractivity contribution in [2.24, 2.45) is 0 Å². The Labute approximate surface area is 155 Å². The highest BCUT2D eigenvalue weighted by molar-refractivity contribution is 7.99. The van der Waals surface area contributed by atoms with Gasteiger partial charge in [0.05, 0.1) is 17.9 Å². The minimum absolute atomic E-state index is 0.00841. The van der Waals surface area contributed by atoms with Crippen molar-refractivity contribution < 1.29 is 9.59 Å². The third kappa shape index (κ3) is 6.94. The Balaban J connectivity index is 1.86. The van der Waals surface area contributed by atoms with Gasteiger partial charge in [-0.2, -0.15) is 0 Å². The zero-order valence-corrected chi connectivity index (χ0v) is 15.0. The predicted molar refractivity (Wildman–Crippen MR) is 101 cm³/mol. The molecule has 1 aromatic carbocycles. The highest BCUT2D eigenvalue weighted by Gasteiger charge is 2.09.